The summed E-state index contributed by atoms with van der Waals surface area (Å²) >= 11 is 0. The molecule has 0 atom stereocenters. The van der Waals surface area contributed by atoms with Crippen LogP contribution in [0.4, 0.5) is 5.95 Å². The number of nitrogens with one attached hydrogen (secondary N) is 1. The van der Waals surface area contributed by atoms with Gasteiger partial charge in [-0.3, -0.25) is 14.8 Å². The first-order valence-electron chi connectivity index (χ1n) is 9.60. The van der Waals surface area contributed by atoms with Crippen LogP contribution in [0.15, 0.2) is 30.6 Å². The number of aromatic nitrogens is 5. The summed E-state index contributed by atoms with van der Waals surface area (Å²) in [5.74, 6) is 0.395. The highest BCUT2D eigenvalue weighted by Gasteiger charge is 2.27. The predicted molar refractivity (Wildman–Crippen MR) is 108 cm³/mol. The highest BCUT2D eigenvalue weighted by Crippen LogP contribution is 2.27. The van der Waals surface area contributed by atoms with E-state index in [2.05, 4.69) is 44.6 Å². The van der Waals surface area contributed by atoms with E-state index >= 15 is 0 Å². The summed E-state index contributed by atoms with van der Waals surface area (Å²) in [7, 11) is 6.03. The summed E-state index contributed by atoms with van der Waals surface area (Å²) in [4.78, 5) is 23.7. The fourth-order valence-corrected chi connectivity index (χ4v) is 3.79. The molecule has 8 nitrogen and oxygen atoms in total. The minimum absolute atomic E-state index is 0.0154. The third kappa shape index (κ3) is 3.87. The Morgan fingerprint density at radius 1 is 1.21 bits per heavy atom. The number of carbonyl (C=O) groups excluding carboxylic acids is 1. The van der Waals surface area contributed by atoms with Gasteiger partial charge in [-0.2, -0.15) is 0 Å². The van der Waals surface area contributed by atoms with Crippen LogP contribution >= 0.6 is 0 Å². The number of amides is 1. The number of nitrogens with zero attached hydrogens (tertiary/aromatic N) is 6. The quantitative estimate of drug-likeness (QED) is 0.749. The van der Waals surface area contributed by atoms with Crippen molar-refractivity contribution in [3.05, 3.63) is 30.6 Å². The molecular formula is C20H25N7O. The zero-order chi connectivity index (χ0) is 19.7. The van der Waals surface area contributed by atoms with Gasteiger partial charge < -0.3 is 4.90 Å². The average Bonchev–Trinajstić information content (AvgIpc) is 3.14. The van der Waals surface area contributed by atoms with Gasteiger partial charge in [-0.25, -0.2) is 9.97 Å². The molecule has 1 amide bonds. The molecule has 0 saturated heterocycles. The van der Waals surface area contributed by atoms with E-state index in [0.717, 1.165) is 47.8 Å². The van der Waals surface area contributed by atoms with Gasteiger partial charge in [0.05, 0.1) is 11.7 Å². The maximum absolute atomic E-state index is 12.6. The van der Waals surface area contributed by atoms with E-state index in [1.807, 2.05) is 31.4 Å². The lowest BCUT2D eigenvalue weighted by Gasteiger charge is -2.31. The molecule has 0 spiro atoms. The van der Waals surface area contributed by atoms with Gasteiger partial charge in [0.1, 0.15) is 5.69 Å². The van der Waals surface area contributed by atoms with Crippen molar-refractivity contribution in [2.75, 3.05) is 19.4 Å². The molecule has 0 bridgehead atoms. The Bertz CT molecular complexity index is 989. The maximum atomic E-state index is 12.6. The molecule has 2 heterocycles. The zero-order valence-corrected chi connectivity index (χ0v) is 16.5. The monoisotopic (exact) mass is 379 g/mol. The van der Waals surface area contributed by atoms with Gasteiger partial charge in [0.2, 0.25) is 11.9 Å². The fraction of sp³-hybridized carbons (Fsp3) is 0.450. The van der Waals surface area contributed by atoms with Gasteiger partial charge in [-0.1, -0.05) is 17.3 Å². The van der Waals surface area contributed by atoms with Gasteiger partial charge in [0.25, 0.3) is 0 Å². The number of fused-ring (bicyclic) bond motifs is 1. The topological polar surface area (TPSA) is 88.8 Å². The van der Waals surface area contributed by atoms with Crippen molar-refractivity contribution in [1.29, 1.82) is 0 Å². The summed E-state index contributed by atoms with van der Waals surface area (Å²) in [6.07, 6.45) is 7.49. The standard InChI is InChI=1S/C20H25N7O/c1-26(2)16-8-6-13(7-9-16)19(28)23-20-21-11-15-5-4-14(10-17(15)22-20)18-12-27(3)25-24-18/h4-5,10-13,16H,6-9H2,1-3H3,(H,21,22,23,28)/t13-,16-. The van der Waals surface area contributed by atoms with Crippen molar-refractivity contribution in [1.82, 2.24) is 29.9 Å². The second-order valence-corrected chi connectivity index (χ2v) is 7.70. The lowest BCUT2D eigenvalue weighted by atomic mass is 9.85. The molecule has 1 aliphatic rings. The predicted octanol–water partition coefficient (Wildman–Crippen LogP) is 2.48. The van der Waals surface area contributed by atoms with Crippen LogP contribution in [-0.2, 0) is 11.8 Å². The number of carbonyl (C=O) groups is 1. The molecule has 1 N–H and O–H groups in total. The number of hydrogen-bond donors (Lipinski definition) is 1. The molecule has 1 aliphatic carbocycles. The normalized spacial score (nSPS) is 19.9. The third-order valence-electron chi connectivity index (χ3n) is 5.51. The highest BCUT2D eigenvalue weighted by atomic mass is 16.2. The van der Waals surface area contributed by atoms with Crippen LogP contribution in [0.25, 0.3) is 22.2 Å². The number of hydrogen-bond acceptors (Lipinski definition) is 6. The summed E-state index contributed by atoms with van der Waals surface area (Å²) in [6.45, 7) is 0. The van der Waals surface area contributed by atoms with Crippen LogP contribution in [0, 0.1) is 5.92 Å². The lowest BCUT2D eigenvalue weighted by molar-refractivity contribution is -0.121. The average molecular weight is 379 g/mol. The minimum atomic E-state index is 0.0154. The van der Waals surface area contributed by atoms with Gasteiger partial charge in [0, 0.05) is 36.2 Å². The molecule has 0 radical (unpaired) electrons. The largest absolute Gasteiger partial charge is 0.306 e. The Morgan fingerprint density at radius 2 is 2.00 bits per heavy atom. The van der Waals surface area contributed by atoms with Gasteiger partial charge in [-0.05, 0) is 45.8 Å². The van der Waals surface area contributed by atoms with E-state index in [-0.39, 0.29) is 11.8 Å². The zero-order valence-electron chi connectivity index (χ0n) is 16.5. The first-order chi connectivity index (χ1) is 13.5. The van der Waals surface area contributed by atoms with Gasteiger partial charge >= 0.3 is 0 Å². The van der Waals surface area contributed by atoms with E-state index in [1.165, 1.54) is 0 Å². The fourth-order valence-electron chi connectivity index (χ4n) is 3.79. The first-order valence-corrected chi connectivity index (χ1v) is 9.60. The number of aryl methyl sites for hydroxylation is 1. The molecule has 146 valence electrons. The van der Waals surface area contributed by atoms with Gasteiger partial charge in [-0.15, -0.1) is 5.10 Å². The smallest absolute Gasteiger partial charge is 0.229 e. The highest BCUT2D eigenvalue weighted by molar-refractivity contribution is 5.92. The lowest BCUT2D eigenvalue weighted by Crippen LogP contribution is -2.35. The number of anilines is 1. The third-order valence-corrected chi connectivity index (χ3v) is 5.51. The summed E-state index contributed by atoms with van der Waals surface area (Å²) in [5.41, 5.74) is 2.48. The van der Waals surface area contributed by atoms with E-state index in [4.69, 9.17) is 0 Å². The van der Waals surface area contributed by atoms with Crippen LogP contribution in [-0.4, -0.2) is 55.9 Å². The Labute approximate surface area is 164 Å². The molecule has 1 saturated carbocycles. The molecule has 8 heteroatoms. The molecular weight excluding hydrogens is 354 g/mol. The van der Waals surface area contributed by atoms with Crippen LogP contribution in [0.1, 0.15) is 25.7 Å². The van der Waals surface area contributed by atoms with Crippen molar-refractivity contribution < 1.29 is 4.79 Å². The Balaban J connectivity index is 1.49. The van der Waals surface area contributed by atoms with Crippen LogP contribution in [0.2, 0.25) is 0 Å². The summed E-state index contributed by atoms with van der Waals surface area (Å²) in [6, 6.07) is 6.43. The number of benzene rings is 1. The van der Waals surface area contributed by atoms with Crippen molar-refractivity contribution in [2.45, 2.75) is 31.7 Å². The Kier molecular flexibility index (Phi) is 5.04. The summed E-state index contributed by atoms with van der Waals surface area (Å²) in [5, 5.41) is 11.9. The van der Waals surface area contributed by atoms with Gasteiger partial charge in [0.15, 0.2) is 0 Å². The second kappa shape index (κ2) is 7.63. The Morgan fingerprint density at radius 3 is 2.68 bits per heavy atom. The first kappa shape index (κ1) is 18.5. The van der Waals surface area contributed by atoms with E-state index in [1.54, 1.807) is 10.9 Å². The van der Waals surface area contributed by atoms with Crippen LogP contribution in [0.5, 0.6) is 0 Å². The number of rotatable bonds is 4. The second-order valence-electron chi connectivity index (χ2n) is 7.70. The van der Waals surface area contributed by atoms with E-state index in [0.29, 0.717) is 12.0 Å². The van der Waals surface area contributed by atoms with Crippen molar-refractivity contribution in [3.63, 3.8) is 0 Å². The van der Waals surface area contributed by atoms with E-state index < -0.39 is 0 Å². The molecule has 28 heavy (non-hydrogen) atoms. The van der Waals surface area contributed by atoms with Crippen molar-refractivity contribution in [2.24, 2.45) is 13.0 Å². The van der Waals surface area contributed by atoms with E-state index in [9.17, 15) is 4.79 Å². The molecule has 3 aromatic rings. The maximum Gasteiger partial charge on any atom is 0.229 e. The molecule has 1 aromatic carbocycles. The molecule has 0 unspecified atom stereocenters. The Hall–Kier alpha value is -2.87. The van der Waals surface area contributed by atoms with Crippen molar-refractivity contribution >= 4 is 22.8 Å². The molecule has 2 aromatic heterocycles. The molecule has 0 aliphatic heterocycles. The van der Waals surface area contributed by atoms with Crippen LogP contribution in [0.3, 0.4) is 0 Å². The molecule has 1 fully saturated rings. The summed E-state index contributed by atoms with van der Waals surface area (Å²) < 4.78 is 1.66. The van der Waals surface area contributed by atoms with Crippen molar-refractivity contribution in [3.8, 4) is 11.3 Å². The SMILES string of the molecule is Cn1cc(-c2ccc3cnc(NC(=O)[C@H]4CC[C@H](N(C)C)CC4)nc3c2)nn1. The molecule has 4 rings (SSSR count). The minimum Gasteiger partial charge on any atom is -0.306 e. The van der Waals surface area contributed by atoms with Crippen LogP contribution < -0.4 is 5.32 Å².